The number of hydrogen-bond acceptors (Lipinski definition) is 5. The number of methoxy groups -OCH3 is 1. The van der Waals surface area contributed by atoms with Crippen molar-refractivity contribution in [2.45, 2.75) is 51.1 Å². The first-order valence-corrected chi connectivity index (χ1v) is 12.4. The zero-order chi connectivity index (χ0) is 26.4. The van der Waals surface area contributed by atoms with Crippen LogP contribution in [-0.2, 0) is 6.54 Å². The summed E-state index contributed by atoms with van der Waals surface area (Å²) in [5.41, 5.74) is 4.11. The molecular formula is C28H30F2N4O3. The first-order valence-electron chi connectivity index (χ1n) is 12.4. The quantitative estimate of drug-likeness (QED) is 0.345. The van der Waals surface area contributed by atoms with Gasteiger partial charge in [0.15, 0.2) is 0 Å². The molecule has 2 aromatic carbocycles. The van der Waals surface area contributed by atoms with Crippen LogP contribution in [0.4, 0.5) is 14.5 Å². The number of aromatic carboxylic acids is 1. The molecule has 5 rings (SSSR count). The van der Waals surface area contributed by atoms with Gasteiger partial charge in [0.05, 0.1) is 18.7 Å². The Labute approximate surface area is 214 Å². The van der Waals surface area contributed by atoms with E-state index in [1.165, 1.54) is 6.07 Å². The minimum atomic E-state index is -2.64. The first kappa shape index (κ1) is 25.0. The average Bonchev–Trinajstić information content (AvgIpc) is 3.34. The van der Waals surface area contributed by atoms with Crippen molar-refractivity contribution in [3.8, 4) is 11.8 Å². The number of benzene rings is 2. The molecule has 2 heterocycles. The van der Waals surface area contributed by atoms with Gasteiger partial charge >= 0.3 is 5.97 Å². The van der Waals surface area contributed by atoms with Crippen molar-refractivity contribution in [3.05, 3.63) is 58.8 Å². The number of nitriles is 1. The lowest BCUT2D eigenvalue weighted by atomic mass is 9.58. The number of anilines is 1. The van der Waals surface area contributed by atoms with E-state index in [2.05, 4.69) is 15.2 Å². The summed E-state index contributed by atoms with van der Waals surface area (Å²) < 4.78 is 33.9. The normalized spacial score (nSPS) is 20.4. The Morgan fingerprint density at radius 1 is 1.32 bits per heavy atom. The van der Waals surface area contributed by atoms with E-state index < -0.39 is 17.3 Å². The minimum Gasteiger partial charge on any atom is -0.496 e. The number of H-pyrrole nitrogens is 1. The van der Waals surface area contributed by atoms with E-state index in [4.69, 9.17) is 10.00 Å². The number of alkyl halides is 2. The number of rotatable bonds is 7. The number of aromatic nitrogens is 1. The van der Waals surface area contributed by atoms with Gasteiger partial charge in [-0.1, -0.05) is 6.07 Å². The summed E-state index contributed by atoms with van der Waals surface area (Å²) in [6.07, 6.45) is 2.83. The minimum absolute atomic E-state index is 0.00175. The molecule has 1 spiro atoms. The summed E-state index contributed by atoms with van der Waals surface area (Å²) in [6.45, 7) is 3.17. The van der Waals surface area contributed by atoms with Crippen molar-refractivity contribution in [1.29, 1.82) is 5.26 Å². The topological polar surface area (TPSA) is 101 Å². The lowest BCUT2D eigenvalue weighted by Crippen LogP contribution is -2.53. The molecule has 2 aliphatic rings. The maximum absolute atomic E-state index is 14.1. The highest BCUT2D eigenvalue weighted by Gasteiger charge is 2.58. The van der Waals surface area contributed by atoms with Crippen LogP contribution >= 0.6 is 0 Å². The molecule has 1 aliphatic heterocycles. The largest absolute Gasteiger partial charge is 0.496 e. The maximum atomic E-state index is 14.1. The number of fused-ring (bicyclic) bond motifs is 1. The van der Waals surface area contributed by atoms with Gasteiger partial charge in [0.25, 0.3) is 0 Å². The number of ether oxygens (including phenoxy) is 1. The van der Waals surface area contributed by atoms with Crippen LogP contribution in [0.1, 0.15) is 58.8 Å². The lowest BCUT2D eigenvalue weighted by Gasteiger charge is -2.55. The Kier molecular flexibility index (Phi) is 6.32. The molecule has 0 radical (unpaired) electrons. The van der Waals surface area contributed by atoms with E-state index in [0.29, 0.717) is 31.6 Å². The predicted molar refractivity (Wildman–Crippen MR) is 136 cm³/mol. The van der Waals surface area contributed by atoms with Gasteiger partial charge in [-0.05, 0) is 67.1 Å². The van der Waals surface area contributed by atoms with Gasteiger partial charge in [0, 0.05) is 53.8 Å². The monoisotopic (exact) mass is 508 g/mol. The van der Waals surface area contributed by atoms with Crippen molar-refractivity contribution < 1.29 is 23.4 Å². The van der Waals surface area contributed by atoms with E-state index >= 15 is 0 Å². The molecule has 1 aromatic heterocycles. The molecule has 1 atom stereocenters. The second-order valence-electron chi connectivity index (χ2n) is 10.4. The zero-order valence-corrected chi connectivity index (χ0v) is 20.9. The first-order chi connectivity index (χ1) is 17.6. The Bertz CT molecular complexity index is 1390. The molecule has 37 heavy (non-hydrogen) atoms. The van der Waals surface area contributed by atoms with E-state index in [9.17, 15) is 18.7 Å². The number of aryl methyl sites for hydroxylation is 1. The van der Waals surface area contributed by atoms with Crippen molar-refractivity contribution in [2.75, 3.05) is 25.5 Å². The van der Waals surface area contributed by atoms with Crippen LogP contribution in [0.2, 0.25) is 0 Å². The Balaban J connectivity index is 1.57. The number of carboxylic acids is 1. The molecule has 3 aromatic rings. The van der Waals surface area contributed by atoms with Crippen LogP contribution in [0.3, 0.4) is 0 Å². The number of nitrogens with zero attached hydrogens (tertiary/aromatic N) is 2. The standard InChI is InChI=1S/C28H30F2N4O3/c1-17-11-24(37-2)21(19-5-8-33-25(17)19)14-34-10-6-27(15-28(29,30)16-27)13-23(34)20-4-3-18(26(35)36)12-22(20)32-9-7-31/h3-5,8,11-12,23,32-33H,6,9-10,13-16H2,1-2H3,(H,35,36)/t23-/m0/s1. The van der Waals surface area contributed by atoms with E-state index in [-0.39, 0.29) is 31.0 Å². The van der Waals surface area contributed by atoms with Crippen LogP contribution in [-0.4, -0.2) is 47.1 Å². The molecule has 1 aliphatic carbocycles. The lowest BCUT2D eigenvalue weighted by molar-refractivity contribution is -0.186. The Morgan fingerprint density at radius 2 is 2.11 bits per heavy atom. The Hall–Kier alpha value is -3.64. The van der Waals surface area contributed by atoms with Crippen molar-refractivity contribution in [2.24, 2.45) is 5.41 Å². The smallest absolute Gasteiger partial charge is 0.335 e. The number of halogens is 2. The summed E-state index contributed by atoms with van der Waals surface area (Å²) in [5.74, 6) is -2.94. The summed E-state index contributed by atoms with van der Waals surface area (Å²) in [5, 5.41) is 22.8. The number of carbonyl (C=O) groups is 1. The van der Waals surface area contributed by atoms with Crippen LogP contribution in [0.15, 0.2) is 36.5 Å². The molecule has 3 N–H and O–H groups in total. The molecular weight excluding hydrogens is 478 g/mol. The van der Waals surface area contributed by atoms with Gasteiger partial charge in [-0.3, -0.25) is 4.90 Å². The number of aromatic amines is 1. The number of piperidine rings is 1. The fraction of sp³-hybridized carbons (Fsp3) is 0.429. The molecule has 7 nitrogen and oxygen atoms in total. The average molecular weight is 509 g/mol. The third-order valence-corrected chi connectivity index (χ3v) is 7.97. The zero-order valence-electron chi connectivity index (χ0n) is 20.9. The highest BCUT2D eigenvalue weighted by Crippen LogP contribution is 2.61. The second kappa shape index (κ2) is 9.34. The highest BCUT2D eigenvalue weighted by atomic mass is 19.3. The summed E-state index contributed by atoms with van der Waals surface area (Å²) in [4.78, 5) is 17.2. The summed E-state index contributed by atoms with van der Waals surface area (Å²) in [7, 11) is 1.64. The van der Waals surface area contributed by atoms with Gasteiger partial charge in [-0.15, -0.1) is 0 Å². The molecule has 0 amide bonds. The van der Waals surface area contributed by atoms with Gasteiger partial charge < -0.3 is 20.1 Å². The van der Waals surface area contributed by atoms with E-state index in [1.54, 1.807) is 19.2 Å². The fourth-order valence-corrected chi connectivity index (χ4v) is 6.29. The van der Waals surface area contributed by atoms with Gasteiger partial charge in [0.1, 0.15) is 12.3 Å². The molecule has 194 valence electrons. The van der Waals surface area contributed by atoms with Gasteiger partial charge in [0.2, 0.25) is 5.92 Å². The molecule has 0 unspecified atom stereocenters. The number of likely N-dealkylation sites (tertiary alicyclic amines) is 1. The predicted octanol–water partition coefficient (Wildman–Crippen LogP) is 5.87. The van der Waals surface area contributed by atoms with Crippen molar-refractivity contribution in [1.82, 2.24) is 9.88 Å². The van der Waals surface area contributed by atoms with Crippen LogP contribution in [0.25, 0.3) is 10.9 Å². The van der Waals surface area contributed by atoms with Crippen LogP contribution in [0, 0.1) is 23.7 Å². The van der Waals surface area contributed by atoms with Gasteiger partial charge in [-0.2, -0.15) is 5.26 Å². The van der Waals surface area contributed by atoms with Crippen LogP contribution in [0.5, 0.6) is 5.75 Å². The summed E-state index contributed by atoms with van der Waals surface area (Å²) in [6, 6.07) is 10.7. The molecule has 9 heteroatoms. The molecule has 1 saturated carbocycles. The number of nitrogens with one attached hydrogen (secondary N) is 2. The second-order valence-corrected chi connectivity index (χ2v) is 10.4. The summed E-state index contributed by atoms with van der Waals surface area (Å²) >= 11 is 0. The van der Waals surface area contributed by atoms with Crippen molar-refractivity contribution >= 4 is 22.6 Å². The fourth-order valence-electron chi connectivity index (χ4n) is 6.29. The van der Waals surface area contributed by atoms with E-state index in [1.807, 2.05) is 31.3 Å². The highest BCUT2D eigenvalue weighted by molar-refractivity contribution is 5.89. The Morgan fingerprint density at radius 3 is 2.78 bits per heavy atom. The number of carboxylic acid groups (broad SMARTS) is 1. The molecule has 1 saturated heterocycles. The molecule has 2 fully saturated rings. The van der Waals surface area contributed by atoms with Crippen molar-refractivity contribution in [3.63, 3.8) is 0 Å². The van der Waals surface area contributed by atoms with Crippen LogP contribution < -0.4 is 10.1 Å². The SMILES string of the molecule is COc1cc(C)c2[nH]ccc2c1CN1CCC2(C[C@H]1c1ccc(C(=O)O)cc1NCC#N)CC(F)(F)C2. The van der Waals surface area contributed by atoms with Gasteiger partial charge in [-0.25, -0.2) is 13.6 Å². The molecule has 0 bridgehead atoms. The van der Waals surface area contributed by atoms with E-state index in [0.717, 1.165) is 33.3 Å². The third-order valence-electron chi connectivity index (χ3n) is 7.97. The third kappa shape index (κ3) is 4.62. The number of hydrogen-bond donors (Lipinski definition) is 3. The maximum Gasteiger partial charge on any atom is 0.335 e.